The van der Waals surface area contributed by atoms with Crippen LogP contribution in [0.2, 0.25) is 0 Å². The quantitative estimate of drug-likeness (QED) is 0.307. The molecule has 1 unspecified atom stereocenters. The maximum Gasteiger partial charge on any atom is 0.170 e. The second-order valence-electron chi connectivity index (χ2n) is 2.88. The van der Waals surface area contributed by atoms with E-state index < -0.39 is 37.3 Å². The summed E-state index contributed by atoms with van der Waals surface area (Å²) >= 11 is 0. The number of rotatable bonds is 2. The van der Waals surface area contributed by atoms with Gasteiger partial charge in [0.05, 0.1) is 6.61 Å². The van der Waals surface area contributed by atoms with Crippen molar-refractivity contribution < 1.29 is 24.4 Å². The lowest BCUT2D eigenvalue weighted by molar-refractivity contribution is -0.210. The Labute approximate surface area is 78.4 Å². The average molecular weight is 206 g/mol. The molecule has 5 atom stereocenters. The molecule has 1 rings (SSSR count). The Bertz CT molecular complexity index is 245. The third kappa shape index (κ3) is 1.94. The highest BCUT2D eigenvalue weighted by molar-refractivity contribution is 4.91. The monoisotopic (exact) mass is 206 g/mol. The van der Waals surface area contributed by atoms with Crippen LogP contribution in [0.25, 0.3) is 10.4 Å². The highest BCUT2D eigenvalue weighted by Crippen LogP contribution is 2.24. The molecule has 8 heteroatoms. The standard InChI is InChI=1S/C6H10FN3O4/c7-3-5(13)4(12)2(1-11)14-6(3)9-10-8/h2-6,11-13H,1H2/t2-,3-,4-,5-,6?/m1/s1/i7-1. The van der Waals surface area contributed by atoms with Crippen LogP contribution in [0.3, 0.4) is 0 Å². The van der Waals surface area contributed by atoms with E-state index in [4.69, 9.17) is 20.5 Å². The number of ether oxygens (including phenoxy) is 1. The first kappa shape index (κ1) is 11.2. The van der Waals surface area contributed by atoms with Gasteiger partial charge in [-0.3, -0.25) is 0 Å². The molecule has 1 aliphatic rings. The van der Waals surface area contributed by atoms with Crippen molar-refractivity contribution in [1.82, 2.24) is 0 Å². The van der Waals surface area contributed by atoms with Crippen LogP contribution >= 0.6 is 0 Å². The van der Waals surface area contributed by atoms with Crippen molar-refractivity contribution in [2.24, 2.45) is 5.11 Å². The van der Waals surface area contributed by atoms with Gasteiger partial charge in [-0.25, -0.2) is 4.39 Å². The normalized spacial score (nSPS) is 43.0. The Balaban J connectivity index is 2.77. The van der Waals surface area contributed by atoms with Gasteiger partial charge in [0.15, 0.2) is 12.4 Å². The number of hydrogen-bond donors (Lipinski definition) is 3. The van der Waals surface area contributed by atoms with E-state index in [-0.39, 0.29) is 0 Å². The number of azide groups is 1. The molecular weight excluding hydrogens is 196 g/mol. The van der Waals surface area contributed by atoms with E-state index in [2.05, 4.69) is 10.0 Å². The molecule has 0 spiro atoms. The second kappa shape index (κ2) is 4.54. The number of aliphatic hydroxyl groups excluding tert-OH is 3. The number of hydrogen-bond acceptors (Lipinski definition) is 5. The summed E-state index contributed by atoms with van der Waals surface area (Å²) in [6.45, 7) is -0.595. The Kier molecular flexibility index (Phi) is 3.62. The smallest absolute Gasteiger partial charge is 0.170 e. The van der Waals surface area contributed by atoms with Gasteiger partial charge < -0.3 is 20.1 Å². The van der Waals surface area contributed by atoms with Crippen molar-refractivity contribution in [1.29, 1.82) is 0 Å². The molecule has 0 aliphatic carbocycles. The maximum atomic E-state index is 13.1. The summed E-state index contributed by atoms with van der Waals surface area (Å²) in [4.78, 5) is 2.32. The Morgan fingerprint density at radius 1 is 1.43 bits per heavy atom. The molecule has 0 bridgehead atoms. The fourth-order valence-electron chi connectivity index (χ4n) is 1.20. The lowest BCUT2D eigenvalue weighted by Gasteiger charge is -2.36. The van der Waals surface area contributed by atoms with Crippen molar-refractivity contribution in [2.75, 3.05) is 6.61 Å². The zero-order valence-corrected chi connectivity index (χ0v) is 7.06. The molecule has 3 N–H and O–H groups in total. The molecule has 14 heavy (non-hydrogen) atoms. The largest absolute Gasteiger partial charge is 0.394 e. The predicted octanol–water partition coefficient (Wildman–Crippen LogP) is -0.926. The Morgan fingerprint density at radius 3 is 2.57 bits per heavy atom. The van der Waals surface area contributed by atoms with E-state index in [0.717, 1.165) is 0 Å². The minimum atomic E-state index is -2.00. The minimum Gasteiger partial charge on any atom is -0.394 e. The van der Waals surface area contributed by atoms with Crippen LogP contribution in [0, 0.1) is 0 Å². The van der Waals surface area contributed by atoms with E-state index >= 15 is 0 Å². The maximum absolute atomic E-state index is 13.1. The molecular formula is C6H10FN3O4. The van der Waals surface area contributed by atoms with Crippen molar-refractivity contribution in [3.8, 4) is 0 Å². The molecule has 1 saturated heterocycles. The van der Waals surface area contributed by atoms with Gasteiger partial charge in [-0.1, -0.05) is 5.11 Å². The van der Waals surface area contributed by atoms with Gasteiger partial charge in [0.2, 0.25) is 0 Å². The molecule has 0 aromatic heterocycles. The zero-order chi connectivity index (χ0) is 10.7. The number of alkyl halides is 1. The van der Waals surface area contributed by atoms with E-state index in [1.54, 1.807) is 0 Å². The van der Waals surface area contributed by atoms with E-state index in [1.807, 2.05) is 0 Å². The van der Waals surface area contributed by atoms with Crippen LogP contribution in [0.15, 0.2) is 5.11 Å². The molecule has 0 aromatic rings. The van der Waals surface area contributed by atoms with Gasteiger partial charge in [-0.15, -0.1) is 0 Å². The van der Waals surface area contributed by atoms with Gasteiger partial charge in [0.1, 0.15) is 18.3 Å². The molecule has 7 nitrogen and oxygen atoms in total. The van der Waals surface area contributed by atoms with Crippen LogP contribution in [-0.2, 0) is 4.74 Å². The summed E-state index contributed by atoms with van der Waals surface area (Å²) in [5.74, 6) is 0. The van der Waals surface area contributed by atoms with Gasteiger partial charge >= 0.3 is 0 Å². The fourth-order valence-corrected chi connectivity index (χ4v) is 1.20. The van der Waals surface area contributed by atoms with Gasteiger partial charge in [0, 0.05) is 4.91 Å². The molecule has 1 fully saturated rings. The highest BCUT2D eigenvalue weighted by Gasteiger charge is 2.44. The summed E-state index contributed by atoms with van der Waals surface area (Å²) < 4.78 is 17.8. The SMILES string of the molecule is [N-]=[N+]=NC1O[C@H](CO)[C@@H](O)[C@H](O)[C@H]1[18F]. The van der Waals surface area contributed by atoms with E-state index in [0.29, 0.717) is 0 Å². The Hall–Kier alpha value is -0.920. The molecule has 0 aromatic carbocycles. The minimum absolute atomic E-state index is 0.595. The van der Waals surface area contributed by atoms with E-state index in [1.165, 1.54) is 0 Å². The Morgan fingerprint density at radius 2 is 2.07 bits per heavy atom. The molecule has 80 valence electrons. The summed E-state index contributed by atoms with van der Waals surface area (Å²) in [7, 11) is 0. The molecule has 1 heterocycles. The fraction of sp³-hybridized carbons (Fsp3) is 1.00. The van der Waals surface area contributed by atoms with Crippen LogP contribution in [0.4, 0.5) is 4.39 Å². The third-order valence-electron chi connectivity index (χ3n) is 1.99. The second-order valence-corrected chi connectivity index (χ2v) is 2.88. The molecule has 0 radical (unpaired) electrons. The summed E-state index contributed by atoms with van der Waals surface area (Å²) in [5, 5.41) is 30.0. The van der Waals surface area contributed by atoms with Gasteiger partial charge in [-0.05, 0) is 5.53 Å². The van der Waals surface area contributed by atoms with Crippen LogP contribution < -0.4 is 0 Å². The lowest BCUT2D eigenvalue weighted by atomic mass is 9.99. The number of aliphatic hydroxyl groups is 3. The third-order valence-corrected chi connectivity index (χ3v) is 1.99. The van der Waals surface area contributed by atoms with Crippen molar-refractivity contribution in [2.45, 2.75) is 30.7 Å². The number of halogens is 1. The van der Waals surface area contributed by atoms with Crippen LogP contribution in [0.1, 0.15) is 0 Å². The van der Waals surface area contributed by atoms with Gasteiger partial charge in [0.25, 0.3) is 0 Å². The van der Waals surface area contributed by atoms with E-state index in [9.17, 15) is 9.50 Å². The van der Waals surface area contributed by atoms with Crippen molar-refractivity contribution in [3.63, 3.8) is 0 Å². The summed E-state index contributed by atoms with van der Waals surface area (Å²) in [6.07, 6.45) is -7.91. The lowest BCUT2D eigenvalue weighted by Crippen LogP contribution is -2.56. The van der Waals surface area contributed by atoms with Gasteiger partial charge in [-0.2, -0.15) is 0 Å². The van der Waals surface area contributed by atoms with Crippen LogP contribution in [-0.4, -0.2) is 52.6 Å². The average Bonchev–Trinajstić information content (AvgIpc) is 2.19. The molecule has 0 saturated carbocycles. The highest BCUT2D eigenvalue weighted by atomic mass is 18.2. The first-order valence-corrected chi connectivity index (χ1v) is 3.92. The first-order chi connectivity index (χ1) is 6.61. The molecule has 1 aliphatic heterocycles. The topological polar surface area (TPSA) is 119 Å². The molecule has 0 amide bonds. The summed E-state index contributed by atoms with van der Waals surface area (Å²) in [5.41, 5.74) is 8.05. The van der Waals surface area contributed by atoms with Crippen LogP contribution in [0.5, 0.6) is 0 Å². The van der Waals surface area contributed by atoms with Crippen molar-refractivity contribution >= 4 is 0 Å². The zero-order valence-electron chi connectivity index (χ0n) is 7.06. The summed E-state index contributed by atoms with van der Waals surface area (Å²) in [6, 6.07) is 0. The number of nitrogens with zero attached hydrogens (tertiary/aromatic N) is 3. The first-order valence-electron chi connectivity index (χ1n) is 3.92. The predicted molar refractivity (Wildman–Crippen MR) is 41.8 cm³/mol. The van der Waals surface area contributed by atoms with Crippen molar-refractivity contribution in [3.05, 3.63) is 10.4 Å².